The van der Waals surface area contributed by atoms with Crippen LogP contribution in [0.3, 0.4) is 0 Å². The first-order valence-corrected chi connectivity index (χ1v) is 6.60. The minimum Gasteiger partial charge on any atom is -0.481 e. The van der Waals surface area contributed by atoms with Crippen molar-refractivity contribution in [3.05, 3.63) is 47.7 Å². The number of benzene rings is 1. The molecular formula is C15H9F6NO3. The number of hydrogen-bond donors (Lipinski definition) is 1. The van der Waals surface area contributed by atoms with Gasteiger partial charge < -0.3 is 9.84 Å². The molecule has 2 aromatic rings. The van der Waals surface area contributed by atoms with Crippen LogP contribution < -0.4 is 4.74 Å². The fourth-order valence-corrected chi connectivity index (χ4v) is 2.07. The molecule has 0 bridgehead atoms. The zero-order valence-corrected chi connectivity index (χ0v) is 12.1. The summed E-state index contributed by atoms with van der Waals surface area (Å²) in [5.41, 5.74) is -1.84. The van der Waals surface area contributed by atoms with E-state index in [0.717, 1.165) is 18.2 Å². The molecule has 1 N–H and O–H groups in total. The Bertz CT molecular complexity index is 786. The summed E-state index contributed by atoms with van der Waals surface area (Å²) in [6.45, 7) is 0. The minimum absolute atomic E-state index is 0.0436. The van der Waals surface area contributed by atoms with Crippen LogP contribution in [0.4, 0.5) is 26.3 Å². The predicted octanol–water partition coefficient (Wildman–Crippen LogP) is 4.29. The molecule has 25 heavy (non-hydrogen) atoms. The Hall–Kier alpha value is -2.78. The third kappa shape index (κ3) is 5.10. The van der Waals surface area contributed by atoms with Gasteiger partial charge in [0.2, 0.25) is 0 Å². The summed E-state index contributed by atoms with van der Waals surface area (Å²) in [6.07, 6.45) is -10.2. The molecule has 0 aliphatic carbocycles. The van der Waals surface area contributed by atoms with Crippen molar-refractivity contribution in [1.82, 2.24) is 4.98 Å². The van der Waals surface area contributed by atoms with E-state index < -0.39 is 41.8 Å². The highest BCUT2D eigenvalue weighted by molar-refractivity contribution is 5.72. The Morgan fingerprint density at radius 2 is 1.80 bits per heavy atom. The summed E-state index contributed by atoms with van der Waals surface area (Å²) in [7, 11) is 0. The number of halogens is 6. The molecule has 2 rings (SSSR count). The number of rotatable bonds is 4. The average molecular weight is 365 g/mol. The first-order chi connectivity index (χ1) is 11.5. The maximum absolute atomic E-state index is 12.9. The monoisotopic (exact) mass is 365 g/mol. The van der Waals surface area contributed by atoms with Crippen molar-refractivity contribution < 1.29 is 41.0 Å². The van der Waals surface area contributed by atoms with Gasteiger partial charge in [0.25, 0.3) is 0 Å². The number of nitrogens with zero attached hydrogens (tertiary/aromatic N) is 1. The quantitative estimate of drug-likeness (QED) is 0.821. The lowest BCUT2D eigenvalue weighted by molar-refractivity contribution is -0.274. The molecule has 4 nitrogen and oxygen atoms in total. The van der Waals surface area contributed by atoms with Crippen molar-refractivity contribution in [3.8, 4) is 17.0 Å². The number of pyridine rings is 1. The molecular weight excluding hydrogens is 356 g/mol. The van der Waals surface area contributed by atoms with Crippen molar-refractivity contribution in [3.63, 3.8) is 0 Å². The second kappa shape index (κ2) is 6.61. The fraction of sp³-hybridized carbons (Fsp3) is 0.200. The Kier molecular flexibility index (Phi) is 4.91. The molecule has 0 atom stereocenters. The van der Waals surface area contributed by atoms with E-state index in [4.69, 9.17) is 5.11 Å². The molecule has 0 saturated heterocycles. The van der Waals surface area contributed by atoms with Crippen molar-refractivity contribution in [1.29, 1.82) is 0 Å². The van der Waals surface area contributed by atoms with Crippen LogP contribution in [0.15, 0.2) is 36.5 Å². The van der Waals surface area contributed by atoms with Gasteiger partial charge in [0.1, 0.15) is 5.75 Å². The summed E-state index contributed by atoms with van der Waals surface area (Å²) in [5, 5.41) is 8.76. The molecule has 0 aliphatic rings. The lowest BCUT2D eigenvalue weighted by Gasteiger charge is -2.13. The van der Waals surface area contributed by atoms with Gasteiger partial charge in [-0.25, -0.2) is 0 Å². The number of ether oxygens (including phenoxy) is 1. The van der Waals surface area contributed by atoms with E-state index in [0.29, 0.717) is 6.20 Å². The van der Waals surface area contributed by atoms with Crippen LogP contribution in [0, 0.1) is 0 Å². The van der Waals surface area contributed by atoms with E-state index >= 15 is 0 Å². The van der Waals surface area contributed by atoms with Crippen molar-refractivity contribution >= 4 is 5.97 Å². The number of aliphatic carboxylic acids is 1. The summed E-state index contributed by atoms with van der Waals surface area (Å²) in [5.74, 6) is -2.07. The lowest BCUT2D eigenvalue weighted by atomic mass is 10.0. The van der Waals surface area contributed by atoms with E-state index in [-0.39, 0.29) is 11.3 Å². The third-order valence-electron chi connectivity index (χ3n) is 3.00. The molecule has 134 valence electrons. The van der Waals surface area contributed by atoms with E-state index in [1.807, 2.05) is 0 Å². The lowest BCUT2D eigenvalue weighted by Crippen LogP contribution is -2.17. The topological polar surface area (TPSA) is 59.4 Å². The normalized spacial score (nSPS) is 12.1. The molecule has 1 aromatic carbocycles. The third-order valence-corrected chi connectivity index (χ3v) is 3.00. The Balaban J connectivity index is 2.46. The van der Waals surface area contributed by atoms with Crippen LogP contribution in [0.2, 0.25) is 0 Å². The van der Waals surface area contributed by atoms with E-state index in [1.54, 1.807) is 0 Å². The first-order valence-electron chi connectivity index (χ1n) is 6.60. The van der Waals surface area contributed by atoms with Crippen LogP contribution in [0.1, 0.15) is 11.1 Å². The highest BCUT2D eigenvalue weighted by Gasteiger charge is 2.34. The van der Waals surface area contributed by atoms with Gasteiger partial charge in [0, 0.05) is 11.8 Å². The molecule has 0 saturated carbocycles. The van der Waals surface area contributed by atoms with E-state index in [2.05, 4.69) is 9.72 Å². The van der Waals surface area contributed by atoms with Gasteiger partial charge in [-0.05, 0) is 23.8 Å². The number of aromatic nitrogens is 1. The van der Waals surface area contributed by atoms with E-state index in [9.17, 15) is 31.1 Å². The second-order valence-corrected chi connectivity index (χ2v) is 4.87. The van der Waals surface area contributed by atoms with Gasteiger partial charge >= 0.3 is 18.5 Å². The second-order valence-electron chi connectivity index (χ2n) is 4.87. The molecule has 0 fully saturated rings. The van der Waals surface area contributed by atoms with Crippen LogP contribution in [-0.4, -0.2) is 22.4 Å². The highest BCUT2D eigenvalue weighted by Crippen LogP contribution is 2.34. The molecule has 0 unspecified atom stereocenters. The number of carboxylic acids is 1. The molecule has 1 heterocycles. The van der Waals surface area contributed by atoms with Crippen molar-refractivity contribution in [2.24, 2.45) is 0 Å². The summed E-state index contributed by atoms with van der Waals surface area (Å²) >= 11 is 0. The number of carbonyl (C=O) groups is 1. The smallest absolute Gasteiger partial charge is 0.481 e. The summed E-state index contributed by atoms with van der Waals surface area (Å²) in [4.78, 5) is 14.3. The largest absolute Gasteiger partial charge is 0.573 e. The van der Waals surface area contributed by atoms with Crippen LogP contribution in [0.25, 0.3) is 11.3 Å². The number of hydrogen-bond acceptors (Lipinski definition) is 3. The standard InChI is InChI=1S/C15H9F6NO3/c16-14(17,18)11-7-22-12(5-9(11)6-13(23)24)8-2-1-3-10(4-8)25-15(19,20)21/h1-5,7H,6H2,(H,23,24). The highest BCUT2D eigenvalue weighted by atomic mass is 19.4. The van der Waals surface area contributed by atoms with Crippen molar-refractivity contribution in [2.75, 3.05) is 0 Å². The SMILES string of the molecule is O=C(O)Cc1cc(-c2cccc(OC(F)(F)F)c2)ncc1C(F)(F)F. The predicted molar refractivity (Wildman–Crippen MR) is 72.7 cm³/mol. The van der Waals surface area contributed by atoms with Gasteiger partial charge in [-0.3, -0.25) is 9.78 Å². The van der Waals surface area contributed by atoms with Gasteiger partial charge in [0.15, 0.2) is 0 Å². The molecule has 0 aliphatic heterocycles. The summed E-state index contributed by atoms with van der Waals surface area (Å²) in [6, 6.07) is 5.34. The minimum atomic E-state index is -4.93. The molecule has 1 aromatic heterocycles. The summed E-state index contributed by atoms with van der Waals surface area (Å²) < 4.78 is 79.2. The Labute approximate surface area is 136 Å². The van der Waals surface area contributed by atoms with Gasteiger partial charge in [-0.1, -0.05) is 12.1 Å². The Morgan fingerprint density at radius 3 is 2.36 bits per heavy atom. The van der Waals surface area contributed by atoms with Gasteiger partial charge in [0.05, 0.1) is 17.7 Å². The van der Waals surface area contributed by atoms with Crippen LogP contribution >= 0.6 is 0 Å². The average Bonchev–Trinajstić information content (AvgIpc) is 2.43. The maximum Gasteiger partial charge on any atom is 0.573 e. The maximum atomic E-state index is 12.9. The first kappa shape index (κ1) is 18.6. The van der Waals surface area contributed by atoms with Gasteiger partial charge in [-0.15, -0.1) is 13.2 Å². The molecule has 0 amide bonds. The van der Waals surface area contributed by atoms with Crippen LogP contribution in [-0.2, 0) is 17.4 Å². The molecule has 0 radical (unpaired) electrons. The molecule has 10 heteroatoms. The number of carboxylic acid groups (broad SMARTS) is 1. The van der Waals surface area contributed by atoms with Crippen molar-refractivity contribution in [2.45, 2.75) is 19.0 Å². The van der Waals surface area contributed by atoms with Crippen LogP contribution in [0.5, 0.6) is 5.75 Å². The van der Waals surface area contributed by atoms with E-state index in [1.165, 1.54) is 12.1 Å². The Morgan fingerprint density at radius 1 is 1.12 bits per heavy atom. The molecule has 0 spiro atoms. The zero-order valence-electron chi connectivity index (χ0n) is 12.1. The fourth-order valence-electron chi connectivity index (χ4n) is 2.07. The zero-order chi connectivity index (χ0) is 18.8. The van der Waals surface area contributed by atoms with Gasteiger partial charge in [-0.2, -0.15) is 13.2 Å². The number of alkyl halides is 6.